The van der Waals surface area contributed by atoms with Crippen molar-refractivity contribution in [2.45, 2.75) is 18.9 Å². The minimum absolute atomic E-state index is 0.495. The number of piperidine rings is 1. The first-order chi connectivity index (χ1) is 9.74. The predicted octanol–water partition coefficient (Wildman–Crippen LogP) is 2.09. The Morgan fingerprint density at radius 1 is 1.25 bits per heavy atom. The van der Waals surface area contributed by atoms with Gasteiger partial charge >= 0.3 is 0 Å². The lowest BCUT2D eigenvalue weighted by Crippen LogP contribution is -2.37. The Labute approximate surface area is 121 Å². The van der Waals surface area contributed by atoms with Gasteiger partial charge in [-0.1, -0.05) is 18.2 Å². The molecule has 1 aromatic rings. The maximum absolute atomic E-state index is 10.4. The van der Waals surface area contributed by atoms with E-state index in [1.807, 2.05) is 24.3 Å². The maximum Gasteiger partial charge on any atom is 0.124 e. The number of methoxy groups -OCH3 is 2. The van der Waals surface area contributed by atoms with Crippen LogP contribution in [0.15, 0.2) is 24.3 Å². The number of benzene rings is 1. The molecule has 1 aliphatic heterocycles. The van der Waals surface area contributed by atoms with E-state index in [2.05, 4.69) is 4.90 Å². The van der Waals surface area contributed by atoms with Crippen molar-refractivity contribution < 1.29 is 14.6 Å². The Morgan fingerprint density at radius 3 is 2.60 bits per heavy atom. The number of likely N-dealkylation sites (tertiary alicyclic amines) is 1. The smallest absolute Gasteiger partial charge is 0.124 e. The van der Waals surface area contributed by atoms with E-state index in [9.17, 15) is 5.11 Å². The van der Waals surface area contributed by atoms with Crippen molar-refractivity contribution in [3.05, 3.63) is 29.8 Å². The van der Waals surface area contributed by atoms with Gasteiger partial charge in [0.1, 0.15) is 5.75 Å². The van der Waals surface area contributed by atoms with Crippen molar-refractivity contribution in [2.24, 2.45) is 5.92 Å². The summed E-state index contributed by atoms with van der Waals surface area (Å²) >= 11 is 0. The van der Waals surface area contributed by atoms with Gasteiger partial charge in [0.05, 0.1) is 13.2 Å². The Morgan fingerprint density at radius 2 is 1.95 bits per heavy atom. The van der Waals surface area contributed by atoms with Gasteiger partial charge in [0.2, 0.25) is 0 Å². The number of aliphatic hydroxyl groups excluding tert-OH is 1. The summed E-state index contributed by atoms with van der Waals surface area (Å²) in [6, 6.07) is 7.68. The lowest BCUT2D eigenvalue weighted by molar-refractivity contribution is 0.0648. The van der Waals surface area contributed by atoms with Crippen molar-refractivity contribution in [3.8, 4) is 5.75 Å². The van der Waals surface area contributed by atoms with Crippen LogP contribution < -0.4 is 4.74 Å². The molecule has 1 aromatic carbocycles. The fourth-order valence-corrected chi connectivity index (χ4v) is 2.86. The summed E-state index contributed by atoms with van der Waals surface area (Å²) in [6.45, 7) is 3.57. The second kappa shape index (κ2) is 7.62. The summed E-state index contributed by atoms with van der Waals surface area (Å²) in [5.41, 5.74) is 0.869. The molecule has 1 aliphatic rings. The van der Waals surface area contributed by atoms with Crippen LogP contribution in [0.1, 0.15) is 24.5 Å². The first-order valence-electron chi connectivity index (χ1n) is 7.27. The molecule has 1 atom stereocenters. The van der Waals surface area contributed by atoms with Crippen LogP contribution in [-0.2, 0) is 4.74 Å². The van der Waals surface area contributed by atoms with Crippen LogP contribution in [0.5, 0.6) is 5.75 Å². The number of ether oxygens (including phenoxy) is 2. The van der Waals surface area contributed by atoms with Crippen LogP contribution >= 0.6 is 0 Å². The molecule has 0 aromatic heterocycles. The fourth-order valence-electron chi connectivity index (χ4n) is 2.86. The van der Waals surface area contributed by atoms with Gasteiger partial charge in [0, 0.05) is 25.8 Å². The van der Waals surface area contributed by atoms with Crippen molar-refractivity contribution in [3.63, 3.8) is 0 Å². The SMILES string of the molecule is COCC1CCN(CC(O)c2ccccc2OC)CC1. The third kappa shape index (κ3) is 3.95. The second-order valence-electron chi connectivity index (χ2n) is 5.46. The molecule has 0 saturated carbocycles. The molecule has 1 saturated heterocycles. The third-order valence-electron chi connectivity index (χ3n) is 4.04. The zero-order chi connectivity index (χ0) is 14.4. The second-order valence-corrected chi connectivity index (χ2v) is 5.46. The number of hydrogen-bond acceptors (Lipinski definition) is 4. The molecule has 0 radical (unpaired) electrons. The number of hydrogen-bond donors (Lipinski definition) is 1. The van der Waals surface area contributed by atoms with E-state index < -0.39 is 6.10 Å². The lowest BCUT2D eigenvalue weighted by atomic mass is 9.97. The molecule has 4 heteroatoms. The first-order valence-corrected chi connectivity index (χ1v) is 7.27. The quantitative estimate of drug-likeness (QED) is 0.866. The summed E-state index contributed by atoms with van der Waals surface area (Å²) in [5.74, 6) is 1.42. The number of nitrogens with zero attached hydrogens (tertiary/aromatic N) is 1. The minimum atomic E-state index is -0.495. The molecule has 0 bridgehead atoms. The van der Waals surface area contributed by atoms with Crippen molar-refractivity contribution in [2.75, 3.05) is 40.5 Å². The van der Waals surface area contributed by atoms with Gasteiger partial charge in [-0.3, -0.25) is 0 Å². The van der Waals surface area contributed by atoms with Crippen molar-refractivity contribution >= 4 is 0 Å². The van der Waals surface area contributed by atoms with Crippen LogP contribution in [0.2, 0.25) is 0 Å². The molecule has 0 amide bonds. The molecule has 2 rings (SSSR count). The Hall–Kier alpha value is -1.10. The van der Waals surface area contributed by atoms with Gasteiger partial charge in [-0.15, -0.1) is 0 Å². The summed E-state index contributed by atoms with van der Waals surface area (Å²) < 4.78 is 10.5. The highest BCUT2D eigenvalue weighted by atomic mass is 16.5. The summed E-state index contributed by atoms with van der Waals surface area (Å²) in [5, 5.41) is 10.4. The third-order valence-corrected chi connectivity index (χ3v) is 4.04. The normalized spacial score (nSPS) is 18.9. The van der Waals surface area contributed by atoms with Gasteiger partial charge in [0.15, 0.2) is 0 Å². The monoisotopic (exact) mass is 279 g/mol. The summed E-state index contributed by atoms with van der Waals surface area (Å²) in [7, 11) is 3.40. The lowest BCUT2D eigenvalue weighted by Gasteiger charge is -2.33. The predicted molar refractivity (Wildman–Crippen MR) is 79.0 cm³/mol. The zero-order valence-electron chi connectivity index (χ0n) is 12.4. The molecule has 4 nitrogen and oxygen atoms in total. The molecule has 1 unspecified atom stereocenters. The molecule has 1 N–H and O–H groups in total. The number of aliphatic hydroxyl groups is 1. The molecule has 112 valence electrons. The van der Waals surface area contributed by atoms with E-state index in [0.29, 0.717) is 12.5 Å². The highest BCUT2D eigenvalue weighted by molar-refractivity contribution is 5.35. The molecule has 0 spiro atoms. The van der Waals surface area contributed by atoms with E-state index >= 15 is 0 Å². The van der Waals surface area contributed by atoms with E-state index in [1.54, 1.807) is 14.2 Å². The van der Waals surface area contributed by atoms with Crippen LogP contribution in [0.25, 0.3) is 0 Å². The van der Waals surface area contributed by atoms with Gasteiger partial charge in [0.25, 0.3) is 0 Å². The van der Waals surface area contributed by atoms with Gasteiger partial charge in [-0.25, -0.2) is 0 Å². The highest BCUT2D eigenvalue weighted by Gasteiger charge is 2.22. The largest absolute Gasteiger partial charge is 0.496 e. The van der Waals surface area contributed by atoms with Crippen molar-refractivity contribution in [1.82, 2.24) is 4.90 Å². The molecular formula is C16H25NO3. The Kier molecular flexibility index (Phi) is 5.83. The zero-order valence-corrected chi connectivity index (χ0v) is 12.4. The van der Waals surface area contributed by atoms with Gasteiger partial charge in [-0.2, -0.15) is 0 Å². The van der Waals surface area contributed by atoms with Gasteiger partial charge in [-0.05, 0) is 37.9 Å². The van der Waals surface area contributed by atoms with Crippen LogP contribution in [-0.4, -0.2) is 50.5 Å². The number of rotatable bonds is 6. The highest BCUT2D eigenvalue weighted by Crippen LogP contribution is 2.26. The Balaban J connectivity index is 1.87. The molecule has 0 aliphatic carbocycles. The van der Waals surface area contributed by atoms with E-state index in [0.717, 1.165) is 43.9 Å². The van der Waals surface area contributed by atoms with Crippen LogP contribution in [0.4, 0.5) is 0 Å². The molecule has 20 heavy (non-hydrogen) atoms. The minimum Gasteiger partial charge on any atom is -0.496 e. The average molecular weight is 279 g/mol. The number of para-hydroxylation sites is 1. The molecule has 1 fully saturated rings. The molecular weight excluding hydrogens is 254 g/mol. The van der Waals surface area contributed by atoms with Gasteiger partial charge < -0.3 is 19.5 Å². The number of β-amino-alcohol motifs (C(OH)–C–C–N with tert-alkyl or cyclic N) is 1. The average Bonchev–Trinajstić information content (AvgIpc) is 2.49. The first kappa shape index (κ1) is 15.3. The maximum atomic E-state index is 10.4. The Bertz CT molecular complexity index is 402. The van der Waals surface area contributed by atoms with Crippen molar-refractivity contribution in [1.29, 1.82) is 0 Å². The topological polar surface area (TPSA) is 41.9 Å². The van der Waals surface area contributed by atoms with Crippen LogP contribution in [0.3, 0.4) is 0 Å². The van der Waals surface area contributed by atoms with Crippen LogP contribution in [0, 0.1) is 5.92 Å². The fraction of sp³-hybridized carbons (Fsp3) is 0.625. The van der Waals surface area contributed by atoms with E-state index in [-0.39, 0.29) is 0 Å². The molecule has 1 heterocycles. The van der Waals surface area contributed by atoms with E-state index in [4.69, 9.17) is 9.47 Å². The summed E-state index contributed by atoms with van der Waals surface area (Å²) in [6.07, 6.45) is 1.80. The standard InChI is InChI=1S/C16H25NO3/c1-19-12-13-7-9-17(10-8-13)11-15(18)14-5-3-4-6-16(14)20-2/h3-6,13,15,18H,7-12H2,1-2H3. The van der Waals surface area contributed by atoms with E-state index in [1.165, 1.54) is 0 Å². The summed E-state index contributed by atoms with van der Waals surface area (Å²) in [4.78, 5) is 2.32.